The van der Waals surface area contributed by atoms with E-state index >= 15 is 0 Å². The standard InChI is InChI=1S/C20H30O4/c1-17-4-11(23)5-20(9-21,10-22)16(17)14(24)7-19-6-13-12(3-15(17)19)18(13,2)8-19/h12-16,21-22,24H,3-10H2,1-2H3. The van der Waals surface area contributed by atoms with Crippen molar-refractivity contribution in [3.05, 3.63) is 0 Å². The molecule has 4 nitrogen and oxygen atoms in total. The summed E-state index contributed by atoms with van der Waals surface area (Å²) in [6.45, 7) is 4.18. The van der Waals surface area contributed by atoms with Crippen LogP contribution in [0.1, 0.15) is 52.4 Å². The third kappa shape index (κ3) is 1.51. The van der Waals surface area contributed by atoms with Crippen LogP contribution < -0.4 is 0 Å². The van der Waals surface area contributed by atoms with Gasteiger partial charge in [0.2, 0.25) is 0 Å². The highest BCUT2D eigenvalue weighted by molar-refractivity contribution is 5.81. The van der Waals surface area contributed by atoms with E-state index in [1.54, 1.807) is 0 Å². The van der Waals surface area contributed by atoms with Crippen LogP contribution in [0.2, 0.25) is 0 Å². The van der Waals surface area contributed by atoms with Gasteiger partial charge in [0, 0.05) is 24.2 Å². The molecule has 6 rings (SSSR count). The Morgan fingerprint density at radius 3 is 2.33 bits per heavy atom. The Hall–Kier alpha value is -0.450. The Morgan fingerprint density at radius 1 is 1.04 bits per heavy atom. The first-order valence-electron chi connectivity index (χ1n) is 9.66. The van der Waals surface area contributed by atoms with Crippen LogP contribution in [0, 0.1) is 45.3 Å². The number of hydrogen-bond donors (Lipinski definition) is 3. The Bertz CT molecular complexity index is 613. The predicted molar refractivity (Wildman–Crippen MR) is 87.9 cm³/mol. The second kappa shape index (κ2) is 4.27. The van der Waals surface area contributed by atoms with Crippen LogP contribution in [-0.2, 0) is 4.79 Å². The molecule has 4 heteroatoms. The van der Waals surface area contributed by atoms with E-state index in [4.69, 9.17) is 0 Å². The van der Waals surface area contributed by atoms with Crippen LogP contribution in [0.4, 0.5) is 0 Å². The molecule has 0 aromatic heterocycles. The summed E-state index contributed by atoms with van der Waals surface area (Å²) < 4.78 is 0. The Labute approximate surface area is 143 Å². The minimum absolute atomic E-state index is 0.154. The monoisotopic (exact) mass is 334 g/mol. The summed E-state index contributed by atoms with van der Waals surface area (Å²) in [4.78, 5) is 12.6. The topological polar surface area (TPSA) is 77.8 Å². The van der Waals surface area contributed by atoms with E-state index in [-0.39, 0.29) is 42.2 Å². The van der Waals surface area contributed by atoms with Gasteiger partial charge in [-0.3, -0.25) is 4.79 Å². The lowest BCUT2D eigenvalue weighted by Crippen LogP contribution is -2.66. The molecule has 0 aromatic rings. The van der Waals surface area contributed by atoms with Gasteiger partial charge >= 0.3 is 0 Å². The molecular weight excluding hydrogens is 304 g/mol. The lowest BCUT2D eigenvalue weighted by molar-refractivity contribution is -0.225. The fourth-order valence-electron chi connectivity index (χ4n) is 9.02. The van der Waals surface area contributed by atoms with Gasteiger partial charge in [-0.15, -0.1) is 0 Å². The quantitative estimate of drug-likeness (QED) is 0.719. The largest absolute Gasteiger partial charge is 0.396 e. The molecule has 0 radical (unpaired) electrons. The zero-order chi connectivity index (χ0) is 17.1. The maximum absolute atomic E-state index is 12.6. The van der Waals surface area contributed by atoms with Crippen molar-refractivity contribution in [2.75, 3.05) is 13.2 Å². The minimum Gasteiger partial charge on any atom is -0.396 e. The highest BCUT2D eigenvalue weighted by atomic mass is 16.3. The number of ketones is 1. The molecule has 0 heterocycles. The highest BCUT2D eigenvalue weighted by Gasteiger charge is 2.79. The predicted octanol–water partition coefficient (Wildman–Crippen LogP) is 1.76. The van der Waals surface area contributed by atoms with Crippen molar-refractivity contribution < 1.29 is 20.1 Å². The Morgan fingerprint density at radius 2 is 1.75 bits per heavy atom. The van der Waals surface area contributed by atoms with Gasteiger partial charge in [-0.05, 0) is 59.7 Å². The van der Waals surface area contributed by atoms with Gasteiger partial charge in [0.1, 0.15) is 5.78 Å². The van der Waals surface area contributed by atoms with Crippen LogP contribution in [0.5, 0.6) is 0 Å². The summed E-state index contributed by atoms with van der Waals surface area (Å²) in [5.74, 6) is 2.07. The zero-order valence-electron chi connectivity index (χ0n) is 14.8. The fourth-order valence-corrected chi connectivity index (χ4v) is 9.02. The normalized spacial score (nSPS) is 59.7. The molecule has 6 fully saturated rings. The summed E-state index contributed by atoms with van der Waals surface area (Å²) in [5, 5.41) is 31.3. The molecule has 8 atom stereocenters. The smallest absolute Gasteiger partial charge is 0.134 e. The summed E-state index contributed by atoms with van der Waals surface area (Å²) in [6.07, 6.45) is 4.61. The molecule has 8 unspecified atom stereocenters. The molecule has 6 saturated carbocycles. The minimum atomic E-state index is -0.849. The fraction of sp³-hybridized carbons (Fsp3) is 0.950. The van der Waals surface area contributed by atoms with Crippen LogP contribution in [0.25, 0.3) is 0 Å². The van der Waals surface area contributed by atoms with Gasteiger partial charge in [0.15, 0.2) is 0 Å². The van der Waals surface area contributed by atoms with E-state index in [1.807, 2.05) is 0 Å². The van der Waals surface area contributed by atoms with Gasteiger partial charge in [0.05, 0.1) is 19.3 Å². The third-order valence-electron chi connectivity index (χ3n) is 9.58. The summed E-state index contributed by atoms with van der Waals surface area (Å²) >= 11 is 0. The lowest BCUT2D eigenvalue weighted by atomic mass is 9.38. The number of fused-ring (bicyclic) bond motifs is 1. The lowest BCUT2D eigenvalue weighted by Gasteiger charge is -2.66. The van der Waals surface area contributed by atoms with E-state index in [0.717, 1.165) is 18.3 Å². The number of carbonyl (C=O) groups is 1. The van der Waals surface area contributed by atoms with Crippen LogP contribution in [-0.4, -0.2) is 40.4 Å². The van der Waals surface area contributed by atoms with E-state index in [0.29, 0.717) is 17.8 Å². The van der Waals surface area contributed by atoms with Crippen LogP contribution in [0.15, 0.2) is 0 Å². The number of Topliss-reactive ketones (excluding diaryl/α,β-unsaturated/α-hetero) is 1. The van der Waals surface area contributed by atoms with Gasteiger partial charge in [-0.1, -0.05) is 13.8 Å². The summed E-state index contributed by atoms with van der Waals surface area (Å²) in [7, 11) is 0. The molecular formula is C20H30O4. The number of carbonyl (C=O) groups excluding carboxylic acids is 1. The first-order chi connectivity index (χ1) is 11.2. The Balaban J connectivity index is 1.61. The molecule has 0 aromatic carbocycles. The van der Waals surface area contributed by atoms with Gasteiger partial charge in [0.25, 0.3) is 0 Å². The second-order valence-corrected chi connectivity index (χ2v) is 10.6. The molecule has 0 amide bonds. The highest BCUT2D eigenvalue weighted by Crippen LogP contribution is 2.85. The van der Waals surface area contributed by atoms with E-state index in [9.17, 15) is 20.1 Å². The number of aliphatic hydroxyl groups is 3. The molecule has 24 heavy (non-hydrogen) atoms. The average Bonchev–Trinajstić information content (AvgIpc) is 2.96. The van der Waals surface area contributed by atoms with E-state index in [1.165, 1.54) is 19.3 Å². The third-order valence-corrected chi connectivity index (χ3v) is 9.58. The number of rotatable bonds is 2. The van der Waals surface area contributed by atoms with Crippen molar-refractivity contribution in [3.8, 4) is 0 Å². The molecule has 6 aliphatic carbocycles. The van der Waals surface area contributed by atoms with Crippen molar-refractivity contribution in [2.24, 2.45) is 45.3 Å². The van der Waals surface area contributed by atoms with E-state index < -0.39 is 11.5 Å². The summed E-state index contributed by atoms with van der Waals surface area (Å²) in [6, 6.07) is 0. The first-order valence-corrected chi connectivity index (χ1v) is 9.66. The van der Waals surface area contributed by atoms with Gasteiger partial charge in [-0.25, -0.2) is 0 Å². The van der Waals surface area contributed by atoms with Crippen molar-refractivity contribution >= 4 is 5.78 Å². The summed E-state index contributed by atoms with van der Waals surface area (Å²) in [5.41, 5.74) is -0.456. The van der Waals surface area contributed by atoms with Crippen LogP contribution in [0.3, 0.4) is 0 Å². The second-order valence-electron chi connectivity index (χ2n) is 10.6. The Kier molecular flexibility index (Phi) is 2.80. The number of aliphatic hydroxyl groups excluding tert-OH is 3. The van der Waals surface area contributed by atoms with Crippen molar-refractivity contribution in [2.45, 2.75) is 58.5 Å². The SMILES string of the molecule is CC12CC34CC(O)C5C(CO)(CO)CC(=O)CC5(C)C3CC1C2C4. The van der Waals surface area contributed by atoms with E-state index in [2.05, 4.69) is 13.8 Å². The molecule has 0 aliphatic heterocycles. The maximum atomic E-state index is 12.6. The first kappa shape index (κ1) is 15.8. The van der Waals surface area contributed by atoms with Crippen molar-refractivity contribution in [3.63, 3.8) is 0 Å². The molecule has 3 N–H and O–H groups in total. The van der Waals surface area contributed by atoms with Crippen molar-refractivity contribution in [1.82, 2.24) is 0 Å². The van der Waals surface area contributed by atoms with Crippen LogP contribution >= 0.6 is 0 Å². The number of hydrogen-bond acceptors (Lipinski definition) is 4. The average molecular weight is 334 g/mol. The molecule has 134 valence electrons. The molecule has 6 aliphatic rings. The zero-order valence-corrected chi connectivity index (χ0v) is 14.8. The van der Waals surface area contributed by atoms with Gasteiger partial charge < -0.3 is 15.3 Å². The van der Waals surface area contributed by atoms with Crippen molar-refractivity contribution in [1.29, 1.82) is 0 Å². The maximum Gasteiger partial charge on any atom is 0.134 e. The van der Waals surface area contributed by atoms with Gasteiger partial charge in [-0.2, -0.15) is 0 Å². The molecule has 0 saturated heterocycles. The molecule has 1 spiro atoms. The molecule has 4 bridgehead atoms.